The van der Waals surface area contributed by atoms with Crippen LogP contribution < -0.4 is 20.1 Å². The highest BCUT2D eigenvalue weighted by atomic mass is 16.5. The van der Waals surface area contributed by atoms with Crippen LogP contribution in [0.5, 0.6) is 11.5 Å². The van der Waals surface area contributed by atoms with Gasteiger partial charge in [0.25, 0.3) is 0 Å². The largest absolute Gasteiger partial charge is 0.497 e. The first kappa shape index (κ1) is 15.8. The lowest BCUT2D eigenvalue weighted by atomic mass is 10.3. The van der Waals surface area contributed by atoms with E-state index in [1.54, 1.807) is 38.3 Å². The summed E-state index contributed by atoms with van der Waals surface area (Å²) in [7, 11) is 1.60. The molecular weight excluding hydrogens is 260 g/mol. The fourth-order valence-electron chi connectivity index (χ4n) is 1.54. The van der Waals surface area contributed by atoms with Crippen LogP contribution in [-0.2, 0) is 9.59 Å². The Morgan fingerprint density at radius 2 is 1.80 bits per heavy atom. The summed E-state index contributed by atoms with van der Waals surface area (Å²) in [6.45, 7) is 3.72. The van der Waals surface area contributed by atoms with Gasteiger partial charge in [0.1, 0.15) is 24.1 Å². The van der Waals surface area contributed by atoms with Crippen LogP contribution in [0.3, 0.4) is 0 Å². The molecule has 110 valence electrons. The number of amides is 2. The number of ether oxygens (including phenoxy) is 2. The molecule has 1 aromatic rings. The van der Waals surface area contributed by atoms with E-state index in [9.17, 15) is 9.59 Å². The van der Waals surface area contributed by atoms with Crippen LogP contribution in [0.25, 0.3) is 0 Å². The molecule has 6 nitrogen and oxygen atoms in total. The summed E-state index contributed by atoms with van der Waals surface area (Å²) in [5.41, 5.74) is 0. The summed E-state index contributed by atoms with van der Waals surface area (Å²) in [6, 6.07) is 6.63. The van der Waals surface area contributed by atoms with Crippen molar-refractivity contribution in [2.45, 2.75) is 19.9 Å². The molecule has 2 N–H and O–H groups in total. The van der Waals surface area contributed by atoms with E-state index in [-0.39, 0.29) is 11.8 Å². The van der Waals surface area contributed by atoms with E-state index >= 15 is 0 Å². The van der Waals surface area contributed by atoms with Crippen LogP contribution in [0, 0.1) is 0 Å². The smallest absolute Gasteiger partial charge is 0.242 e. The predicted octanol–water partition coefficient (Wildman–Crippen LogP) is 0.715. The Balaban J connectivity index is 2.23. The fraction of sp³-hybridized carbons (Fsp3) is 0.429. The Bertz CT molecular complexity index is 445. The summed E-state index contributed by atoms with van der Waals surface area (Å²) in [5.74, 6) is 0.991. The molecule has 0 saturated heterocycles. The lowest BCUT2D eigenvalue weighted by Gasteiger charge is -2.13. The van der Waals surface area contributed by atoms with Gasteiger partial charge in [-0.1, -0.05) is 0 Å². The maximum absolute atomic E-state index is 11.6. The molecule has 0 heterocycles. The highest BCUT2D eigenvalue weighted by Gasteiger charge is 2.12. The minimum atomic E-state index is -0.548. The number of rotatable bonds is 7. The minimum absolute atomic E-state index is 0.234. The molecule has 1 aromatic carbocycles. The summed E-state index contributed by atoms with van der Waals surface area (Å²) in [5, 5.41) is 5.19. The average molecular weight is 280 g/mol. The van der Waals surface area contributed by atoms with Crippen LogP contribution in [0.1, 0.15) is 13.8 Å². The van der Waals surface area contributed by atoms with Crippen molar-refractivity contribution in [3.8, 4) is 11.5 Å². The van der Waals surface area contributed by atoms with E-state index in [4.69, 9.17) is 9.47 Å². The van der Waals surface area contributed by atoms with Crippen molar-refractivity contribution in [3.05, 3.63) is 24.3 Å². The van der Waals surface area contributed by atoms with Crippen LogP contribution in [0.2, 0.25) is 0 Å². The summed E-state index contributed by atoms with van der Waals surface area (Å²) in [6.07, 6.45) is 0. The molecule has 0 bridgehead atoms. The fourth-order valence-corrected chi connectivity index (χ4v) is 1.54. The van der Waals surface area contributed by atoms with Gasteiger partial charge in [0.15, 0.2) is 0 Å². The minimum Gasteiger partial charge on any atom is -0.497 e. The van der Waals surface area contributed by atoms with Crippen molar-refractivity contribution in [1.82, 2.24) is 10.6 Å². The number of benzene rings is 1. The van der Waals surface area contributed by atoms with Crippen molar-refractivity contribution >= 4 is 11.8 Å². The second-order valence-corrected chi connectivity index (χ2v) is 4.24. The third-order valence-electron chi connectivity index (χ3n) is 2.54. The SMILES string of the molecule is COc1ccc(OCCNC(=O)C(C)NC(C)=O)cc1. The monoisotopic (exact) mass is 280 g/mol. The van der Waals surface area contributed by atoms with Gasteiger partial charge in [0.05, 0.1) is 13.7 Å². The number of carbonyl (C=O) groups excluding carboxylic acids is 2. The molecule has 0 aliphatic rings. The molecule has 0 aromatic heterocycles. The van der Waals surface area contributed by atoms with Gasteiger partial charge in [-0.2, -0.15) is 0 Å². The lowest BCUT2D eigenvalue weighted by molar-refractivity contribution is -0.127. The molecular formula is C14H20N2O4. The highest BCUT2D eigenvalue weighted by Crippen LogP contribution is 2.16. The highest BCUT2D eigenvalue weighted by molar-refractivity contribution is 5.86. The molecule has 0 spiro atoms. The maximum atomic E-state index is 11.6. The second-order valence-electron chi connectivity index (χ2n) is 4.24. The van der Waals surface area contributed by atoms with Gasteiger partial charge in [0.2, 0.25) is 11.8 Å². The zero-order chi connectivity index (χ0) is 15.0. The van der Waals surface area contributed by atoms with E-state index in [0.717, 1.165) is 5.75 Å². The third-order valence-corrected chi connectivity index (χ3v) is 2.54. The van der Waals surface area contributed by atoms with Crippen molar-refractivity contribution in [2.75, 3.05) is 20.3 Å². The Kier molecular flexibility index (Phi) is 6.36. The van der Waals surface area contributed by atoms with Gasteiger partial charge in [-0.15, -0.1) is 0 Å². The normalized spacial score (nSPS) is 11.3. The van der Waals surface area contributed by atoms with Gasteiger partial charge in [-0.05, 0) is 31.2 Å². The first-order chi connectivity index (χ1) is 9.52. The van der Waals surface area contributed by atoms with Crippen molar-refractivity contribution in [1.29, 1.82) is 0 Å². The average Bonchev–Trinajstić information content (AvgIpc) is 2.43. The molecule has 0 radical (unpaired) electrons. The molecule has 1 rings (SSSR count). The summed E-state index contributed by atoms with van der Waals surface area (Å²) in [4.78, 5) is 22.4. The van der Waals surface area contributed by atoms with E-state index < -0.39 is 6.04 Å². The topological polar surface area (TPSA) is 76.7 Å². The summed E-state index contributed by atoms with van der Waals surface area (Å²) < 4.78 is 10.5. The van der Waals surface area contributed by atoms with E-state index in [0.29, 0.717) is 18.9 Å². The number of nitrogens with one attached hydrogen (secondary N) is 2. The van der Waals surface area contributed by atoms with Crippen LogP contribution in [0.15, 0.2) is 24.3 Å². The van der Waals surface area contributed by atoms with Crippen molar-refractivity contribution in [2.24, 2.45) is 0 Å². The van der Waals surface area contributed by atoms with Crippen LogP contribution in [-0.4, -0.2) is 38.1 Å². The van der Waals surface area contributed by atoms with Crippen LogP contribution >= 0.6 is 0 Å². The molecule has 20 heavy (non-hydrogen) atoms. The van der Waals surface area contributed by atoms with E-state index in [1.807, 2.05) is 0 Å². The Morgan fingerprint density at radius 3 is 2.35 bits per heavy atom. The van der Waals surface area contributed by atoms with Gasteiger partial charge >= 0.3 is 0 Å². The molecule has 0 aliphatic carbocycles. The Hall–Kier alpha value is -2.24. The lowest BCUT2D eigenvalue weighted by Crippen LogP contribution is -2.45. The van der Waals surface area contributed by atoms with Gasteiger partial charge in [-0.25, -0.2) is 0 Å². The van der Waals surface area contributed by atoms with Crippen LogP contribution in [0.4, 0.5) is 0 Å². The summed E-state index contributed by atoms with van der Waals surface area (Å²) >= 11 is 0. The molecule has 0 aliphatic heterocycles. The Morgan fingerprint density at radius 1 is 1.20 bits per heavy atom. The van der Waals surface area contributed by atoms with Crippen molar-refractivity contribution < 1.29 is 19.1 Å². The molecule has 1 unspecified atom stereocenters. The van der Waals surface area contributed by atoms with Gasteiger partial charge in [-0.3, -0.25) is 9.59 Å². The Labute approximate surface area is 118 Å². The first-order valence-corrected chi connectivity index (χ1v) is 6.34. The molecule has 0 fully saturated rings. The second kappa shape index (κ2) is 8.04. The third kappa shape index (κ3) is 5.60. The number of hydrogen-bond donors (Lipinski definition) is 2. The quantitative estimate of drug-likeness (QED) is 0.721. The molecule has 6 heteroatoms. The predicted molar refractivity (Wildman–Crippen MR) is 74.8 cm³/mol. The zero-order valence-corrected chi connectivity index (χ0v) is 11.9. The molecule has 0 saturated carbocycles. The van der Waals surface area contributed by atoms with E-state index in [2.05, 4.69) is 10.6 Å². The number of methoxy groups -OCH3 is 1. The molecule has 1 atom stereocenters. The number of hydrogen-bond acceptors (Lipinski definition) is 4. The number of carbonyl (C=O) groups is 2. The van der Waals surface area contributed by atoms with Gasteiger partial charge < -0.3 is 20.1 Å². The maximum Gasteiger partial charge on any atom is 0.242 e. The zero-order valence-electron chi connectivity index (χ0n) is 11.9. The standard InChI is InChI=1S/C14H20N2O4/c1-10(16-11(2)17)14(18)15-8-9-20-13-6-4-12(19-3)5-7-13/h4-7,10H,8-9H2,1-3H3,(H,15,18)(H,16,17). The van der Waals surface area contributed by atoms with E-state index in [1.165, 1.54) is 6.92 Å². The molecule has 2 amide bonds. The first-order valence-electron chi connectivity index (χ1n) is 6.34. The van der Waals surface area contributed by atoms with Gasteiger partial charge in [0, 0.05) is 6.92 Å². The van der Waals surface area contributed by atoms with Crippen molar-refractivity contribution in [3.63, 3.8) is 0 Å².